The van der Waals surface area contributed by atoms with Crippen LogP contribution in [0.2, 0.25) is 0 Å². The van der Waals surface area contributed by atoms with E-state index >= 15 is 0 Å². The minimum Gasteiger partial charge on any atom is -0.489 e. The lowest BCUT2D eigenvalue weighted by Gasteiger charge is -2.25. The van der Waals surface area contributed by atoms with Crippen LogP contribution in [-0.2, 0) is 11.2 Å². The smallest absolute Gasteiger partial charge is 0.354 e. The first kappa shape index (κ1) is 13.6. The first-order valence-electron chi connectivity index (χ1n) is 6.75. The van der Waals surface area contributed by atoms with E-state index in [1.165, 1.54) is 17.8 Å². The molecular formula is C16H15NO4. The molecule has 5 heteroatoms. The largest absolute Gasteiger partial charge is 0.489 e. The molecular weight excluding hydrogens is 270 g/mol. The molecule has 21 heavy (non-hydrogen) atoms. The van der Waals surface area contributed by atoms with Crippen LogP contribution in [0.1, 0.15) is 27.7 Å². The van der Waals surface area contributed by atoms with Gasteiger partial charge in [-0.2, -0.15) is 0 Å². The van der Waals surface area contributed by atoms with Gasteiger partial charge in [-0.05, 0) is 29.7 Å². The predicted octanol–water partition coefficient (Wildman–Crippen LogP) is 2.47. The van der Waals surface area contributed by atoms with Crippen LogP contribution in [0.5, 0.6) is 5.75 Å². The number of rotatable bonds is 4. The van der Waals surface area contributed by atoms with Gasteiger partial charge in [-0.1, -0.05) is 24.3 Å². The van der Waals surface area contributed by atoms with Gasteiger partial charge >= 0.3 is 5.97 Å². The number of benzene rings is 1. The van der Waals surface area contributed by atoms with Gasteiger partial charge in [0.2, 0.25) is 0 Å². The molecule has 0 fully saturated rings. The Balaban J connectivity index is 1.67. The van der Waals surface area contributed by atoms with Gasteiger partial charge in [-0.25, -0.2) is 9.78 Å². The van der Waals surface area contributed by atoms with Gasteiger partial charge < -0.3 is 14.6 Å². The second kappa shape index (κ2) is 5.93. The highest BCUT2D eigenvalue weighted by Gasteiger charge is 2.21. The Morgan fingerprint density at radius 2 is 2.19 bits per heavy atom. The molecule has 1 aliphatic heterocycles. The number of ether oxygens (including phenoxy) is 2. The summed E-state index contributed by atoms with van der Waals surface area (Å²) in [6.45, 7) is 1.06. The number of hydrogen-bond donors (Lipinski definition) is 1. The first-order chi connectivity index (χ1) is 10.2. The van der Waals surface area contributed by atoms with E-state index < -0.39 is 5.97 Å². The van der Waals surface area contributed by atoms with Crippen LogP contribution in [0.3, 0.4) is 0 Å². The highest BCUT2D eigenvalue weighted by atomic mass is 16.5. The van der Waals surface area contributed by atoms with Crippen molar-refractivity contribution in [1.29, 1.82) is 0 Å². The number of hydrogen-bond acceptors (Lipinski definition) is 4. The van der Waals surface area contributed by atoms with E-state index in [0.717, 1.165) is 12.0 Å². The third-order valence-corrected chi connectivity index (χ3v) is 3.45. The maximum atomic E-state index is 10.7. The Morgan fingerprint density at radius 1 is 1.33 bits per heavy atom. The molecule has 1 N–H and O–H groups in total. The van der Waals surface area contributed by atoms with E-state index in [2.05, 4.69) is 11.1 Å². The molecule has 1 aliphatic rings. The Labute approximate surface area is 122 Å². The zero-order valence-corrected chi connectivity index (χ0v) is 11.4. The summed E-state index contributed by atoms with van der Waals surface area (Å²) in [6, 6.07) is 11.2. The molecule has 3 rings (SSSR count). The van der Waals surface area contributed by atoms with E-state index in [-0.39, 0.29) is 11.8 Å². The molecule has 2 heterocycles. The molecule has 1 aromatic carbocycles. The molecule has 1 unspecified atom stereocenters. The lowest BCUT2D eigenvalue weighted by molar-refractivity contribution is 0.0101. The van der Waals surface area contributed by atoms with Crippen LogP contribution < -0.4 is 4.74 Å². The number of carbonyl (C=O) groups is 1. The zero-order chi connectivity index (χ0) is 14.7. The van der Waals surface area contributed by atoms with Gasteiger partial charge in [0.15, 0.2) is 0 Å². The third-order valence-electron chi connectivity index (χ3n) is 3.45. The molecule has 5 nitrogen and oxygen atoms in total. The number of carboxylic acid groups (broad SMARTS) is 1. The molecule has 108 valence electrons. The highest BCUT2D eigenvalue weighted by molar-refractivity contribution is 5.85. The standard InChI is InChI=1S/C16H15NO4/c18-16(19)14-6-5-12(9-17-14)21-10-15-13-4-2-1-3-11(13)7-8-20-15/h1-6,9,15H,7-8,10H2,(H,18,19). The first-order valence-corrected chi connectivity index (χ1v) is 6.75. The summed E-state index contributed by atoms with van der Waals surface area (Å²) in [5.41, 5.74) is 2.44. The van der Waals surface area contributed by atoms with Crippen molar-refractivity contribution >= 4 is 5.97 Å². The molecule has 0 amide bonds. The number of fused-ring (bicyclic) bond motifs is 1. The lowest BCUT2D eigenvalue weighted by atomic mass is 9.98. The number of pyridine rings is 1. The summed E-state index contributed by atoms with van der Waals surface area (Å²) >= 11 is 0. The summed E-state index contributed by atoms with van der Waals surface area (Å²) in [5, 5.41) is 8.80. The van der Waals surface area contributed by atoms with Gasteiger partial charge in [0.25, 0.3) is 0 Å². The number of aromatic carboxylic acids is 1. The van der Waals surface area contributed by atoms with Gasteiger partial charge in [0.05, 0.1) is 12.8 Å². The van der Waals surface area contributed by atoms with Crippen molar-refractivity contribution in [3.8, 4) is 5.75 Å². The van der Waals surface area contributed by atoms with E-state index in [1.54, 1.807) is 6.07 Å². The van der Waals surface area contributed by atoms with Crippen molar-refractivity contribution < 1.29 is 19.4 Å². The monoisotopic (exact) mass is 285 g/mol. The van der Waals surface area contributed by atoms with Gasteiger partial charge in [0.1, 0.15) is 24.2 Å². The normalized spacial score (nSPS) is 17.0. The number of aromatic nitrogens is 1. The van der Waals surface area contributed by atoms with Gasteiger partial charge in [0, 0.05) is 0 Å². The van der Waals surface area contributed by atoms with Crippen molar-refractivity contribution in [2.24, 2.45) is 0 Å². The molecule has 0 bridgehead atoms. The minimum atomic E-state index is -1.05. The average Bonchev–Trinajstić information content (AvgIpc) is 2.53. The molecule has 1 atom stereocenters. The Morgan fingerprint density at radius 3 is 2.95 bits per heavy atom. The van der Waals surface area contributed by atoms with Crippen molar-refractivity contribution in [3.63, 3.8) is 0 Å². The topological polar surface area (TPSA) is 68.7 Å². The summed E-state index contributed by atoms with van der Waals surface area (Å²) in [7, 11) is 0. The van der Waals surface area contributed by atoms with E-state index in [9.17, 15) is 4.79 Å². The SMILES string of the molecule is O=C(O)c1ccc(OCC2OCCc3ccccc32)cn1. The molecule has 0 saturated carbocycles. The second-order valence-electron chi connectivity index (χ2n) is 4.80. The number of nitrogens with zero attached hydrogens (tertiary/aromatic N) is 1. The van der Waals surface area contributed by atoms with Crippen molar-refractivity contribution in [1.82, 2.24) is 4.98 Å². The van der Waals surface area contributed by atoms with Crippen LogP contribution in [0, 0.1) is 0 Å². The molecule has 0 saturated heterocycles. The van der Waals surface area contributed by atoms with Crippen molar-refractivity contribution in [3.05, 3.63) is 59.4 Å². The zero-order valence-electron chi connectivity index (χ0n) is 11.4. The average molecular weight is 285 g/mol. The van der Waals surface area contributed by atoms with Crippen LogP contribution in [-0.4, -0.2) is 29.3 Å². The van der Waals surface area contributed by atoms with Gasteiger partial charge in [-0.3, -0.25) is 0 Å². The molecule has 1 aromatic heterocycles. The fraction of sp³-hybridized carbons (Fsp3) is 0.250. The van der Waals surface area contributed by atoms with Crippen LogP contribution in [0.4, 0.5) is 0 Å². The summed E-state index contributed by atoms with van der Waals surface area (Å²) in [5.74, 6) is -0.516. The van der Waals surface area contributed by atoms with E-state index in [1.807, 2.05) is 18.2 Å². The van der Waals surface area contributed by atoms with Crippen LogP contribution in [0.25, 0.3) is 0 Å². The molecule has 0 radical (unpaired) electrons. The molecule has 0 spiro atoms. The summed E-state index contributed by atoms with van der Waals surface area (Å²) in [4.78, 5) is 14.6. The van der Waals surface area contributed by atoms with Crippen LogP contribution >= 0.6 is 0 Å². The Kier molecular flexibility index (Phi) is 3.83. The van der Waals surface area contributed by atoms with Crippen molar-refractivity contribution in [2.75, 3.05) is 13.2 Å². The number of carboxylic acids is 1. The minimum absolute atomic E-state index is 0.00149. The Bertz CT molecular complexity index is 639. The van der Waals surface area contributed by atoms with Crippen molar-refractivity contribution in [2.45, 2.75) is 12.5 Å². The maximum Gasteiger partial charge on any atom is 0.354 e. The fourth-order valence-corrected chi connectivity index (χ4v) is 2.38. The fourth-order valence-electron chi connectivity index (χ4n) is 2.38. The highest BCUT2D eigenvalue weighted by Crippen LogP contribution is 2.27. The maximum absolute atomic E-state index is 10.7. The molecule has 2 aromatic rings. The molecule has 0 aliphatic carbocycles. The second-order valence-corrected chi connectivity index (χ2v) is 4.80. The lowest BCUT2D eigenvalue weighted by Crippen LogP contribution is -2.21. The quantitative estimate of drug-likeness (QED) is 0.934. The van der Waals surface area contributed by atoms with E-state index in [0.29, 0.717) is 19.0 Å². The summed E-state index contributed by atoms with van der Waals surface area (Å²) in [6.07, 6.45) is 2.23. The Hall–Kier alpha value is -2.40. The van der Waals surface area contributed by atoms with Crippen LogP contribution in [0.15, 0.2) is 42.6 Å². The predicted molar refractivity (Wildman–Crippen MR) is 75.5 cm³/mol. The van der Waals surface area contributed by atoms with Gasteiger partial charge in [-0.15, -0.1) is 0 Å². The van der Waals surface area contributed by atoms with E-state index in [4.69, 9.17) is 14.6 Å². The third kappa shape index (κ3) is 3.03. The summed E-state index contributed by atoms with van der Waals surface area (Å²) < 4.78 is 11.4.